The van der Waals surface area contributed by atoms with Gasteiger partial charge in [-0.05, 0) is 13.8 Å². The van der Waals surface area contributed by atoms with E-state index in [4.69, 9.17) is 4.74 Å². The molecule has 0 saturated carbocycles. The Bertz CT molecular complexity index is 570. The molecule has 2 aromatic heterocycles. The molecule has 17 heavy (non-hydrogen) atoms. The predicted octanol–water partition coefficient (Wildman–Crippen LogP) is 0.538. The average molecular weight is 234 g/mol. The van der Waals surface area contributed by atoms with Crippen LogP contribution in [0.5, 0.6) is 6.01 Å². The fourth-order valence-electron chi connectivity index (χ4n) is 1.20. The van der Waals surface area contributed by atoms with Crippen molar-refractivity contribution in [2.45, 2.75) is 13.8 Å². The number of hydrogen-bond donors (Lipinski definition) is 2. The molecule has 2 heterocycles. The van der Waals surface area contributed by atoms with Gasteiger partial charge in [-0.2, -0.15) is 0 Å². The number of esters is 1. The number of nitrogens with one attached hydrogen (secondary N) is 2. The summed E-state index contributed by atoms with van der Waals surface area (Å²) in [4.78, 5) is 35.8. The van der Waals surface area contributed by atoms with E-state index in [9.17, 15) is 9.59 Å². The number of ether oxygens (including phenoxy) is 1. The summed E-state index contributed by atoms with van der Waals surface area (Å²) < 4.78 is 4.75. The highest BCUT2D eigenvalue weighted by atomic mass is 16.6. The maximum atomic E-state index is 11.6. The van der Waals surface area contributed by atoms with Crippen LogP contribution in [-0.4, -0.2) is 31.7 Å². The van der Waals surface area contributed by atoms with Gasteiger partial charge in [0.05, 0.1) is 6.20 Å². The Labute approximate surface area is 96.2 Å². The highest BCUT2D eigenvalue weighted by Gasteiger charge is 2.22. The molecule has 0 spiro atoms. The second kappa shape index (κ2) is 4.20. The summed E-state index contributed by atoms with van der Waals surface area (Å²) in [5.41, 5.74) is 1.42. The zero-order chi connectivity index (χ0) is 12.4. The smallest absolute Gasteiger partial charge is 0.386 e. The molecule has 7 heteroatoms. The zero-order valence-corrected chi connectivity index (χ0v) is 9.27. The van der Waals surface area contributed by atoms with Crippen LogP contribution in [0.3, 0.4) is 0 Å². The lowest BCUT2D eigenvalue weighted by Gasteiger charge is -1.97. The van der Waals surface area contributed by atoms with Crippen molar-refractivity contribution in [1.29, 1.82) is 0 Å². The van der Waals surface area contributed by atoms with Crippen LogP contribution in [0, 0.1) is 13.8 Å². The molecule has 2 aromatic rings. The van der Waals surface area contributed by atoms with Crippen LogP contribution in [0.25, 0.3) is 0 Å². The van der Waals surface area contributed by atoms with E-state index >= 15 is 0 Å². The van der Waals surface area contributed by atoms with Gasteiger partial charge in [0.1, 0.15) is 0 Å². The van der Waals surface area contributed by atoms with Crippen LogP contribution in [0.15, 0.2) is 12.4 Å². The molecule has 0 aromatic carbocycles. The van der Waals surface area contributed by atoms with Gasteiger partial charge in [0.25, 0.3) is 0 Å². The number of hydrogen-bond acceptors (Lipinski definition) is 5. The number of Topliss-reactive ketones (excluding diaryl/α,β-unsaturated/α-hetero) is 1. The standard InChI is InChI=1S/C10H10N4O3/c1-5-3-11-8(13-5)7(15)9(16)17-10-12-4-6(2)14-10/h3-4H,1-2H3,(H,11,13)(H,12,14). The zero-order valence-electron chi connectivity index (χ0n) is 9.27. The van der Waals surface area contributed by atoms with Crippen molar-refractivity contribution in [3.8, 4) is 6.01 Å². The van der Waals surface area contributed by atoms with Crippen LogP contribution in [0.1, 0.15) is 22.0 Å². The fraction of sp³-hybridized carbons (Fsp3) is 0.200. The Kier molecular flexibility index (Phi) is 2.73. The summed E-state index contributed by atoms with van der Waals surface area (Å²) in [5.74, 6) is -1.92. The molecule has 88 valence electrons. The van der Waals surface area contributed by atoms with Crippen molar-refractivity contribution in [1.82, 2.24) is 19.9 Å². The van der Waals surface area contributed by atoms with Crippen LogP contribution < -0.4 is 4.74 Å². The molecule has 0 aliphatic rings. The second-order valence-electron chi connectivity index (χ2n) is 3.50. The second-order valence-corrected chi connectivity index (χ2v) is 3.50. The van der Waals surface area contributed by atoms with E-state index < -0.39 is 11.8 Å². The highest BCUT2D eigenvalue weighted by molar-refractivity contribution is 6.40. The van der Waals surface area contributed by atoms with Crippen molar-refractivity contribution >= 4 is 11.8 Å². The van der Waals surface area contributed by atoms with Crippen molar-refractivity contribution in [2.24, 2.45) is 0 Å². The van der Waals surface area contributed by atoms with Gasteiger partial charge in [-0.15, -0.1) is 0 Å². The number of aromatic nitrogens is 4. The first-order valence-corrected chi connectivity index (χ1v) is 4.86. The number of nitrogens with zero attached hydrogens (tertiary/aromatic N) is 2. The summed E-state index contributed by atoms with van der Waals surface area (Å²) in [5, 5.41) is 0. The maximum absolute atomic E-state index is 11.6. The van der Waals surface area contributed by atoms with E-state index in [2.05, 4.69) is 19.9 Å². The maximum Gasteiger partial charge on any atom is 0.390 e. The Balaban J connectivity index is 2.08. The number of carbonyl (C=O) groups excluding carboxylic acids is 2. The molecule has 0 fully saturated rings. The van der Waals surface area contributed by atoms with Gasteiger partial charge in [0.2, 0.25) is 0 Å². The first-order valence-electron chi connectivity index (χ1n) is 4.86. The molecule has 0 amide bonds. The van der Waals surface area contributed by atoms with E-state index in [1.807, 2.05) is 0 Å². The van der Waals surface area contributed by atoms with E-state index in [1.54, 1.807) is 13.8 Å². The SMILES string of the molecule is Cc1cnc(OC(=O)C(=O)c2ncc(C)[nH]2)[nH]1. The number of imidazole rings is 2. The minimum Gasteiger partial charge on any atom is -0.386 e. The lowest BCUT2D eigenvalue weighted by atomic mass is 10.4. The van der Waals surface area contributed by atoms with E-state index in [1.165, 1.54) is 12.4 Å². The first-order chi connectivity index (χ1) is 8.06. The average Bonchev–Trinajstić information content (AvgIpc) is 2.87. The van der Waals surface area contributed by atoms with E-state index in [0.29, 0.717) is 5.69 Å². The fourth-order valence-corrected chi connectivity index (χ4v) is 1.20. The normalized spacial score (nSPS) is 10.2. The molecule has 0 aliphatic heterocycles. The summed E-state index contributed by atoms with van der Waals surface area (Å²) in [6, 6.07) is -0.0101. The number of H-pyrrole nitrogens is 2. The Morgan fingerprint density at radius 2 is 1.76 bits per heavy atom. The van der Waals surface area contributed by atoms with Gasteiger partial charge in [0.15, 0.2) is 5.82 Å². The van der Waals surface area contributed by atoms with Gasteiger partial charge in [0, 0.05) is 17.6 Å². The third-order valence-electron chi connectivity index (χ3n) is 1.97. The Morgan fingerprint density at radius 3 is 2.29 bits per heavy atom. The van der Waals surface area contributed by atoms with E-state index in [-0.39, 0.29) is 11.8 Å². The minimum absolute atomic E-state index is 0.0101. The molecular formula is C10H10N4O3. The molecule has 0 aliphatic carbocycles. The molecule has 0 radical (unpaired) electrons. The Morgan fingerprint density at radius 1 is 1.12 bits per heavy atom. The number of rotatable bonds is 3. The van der Waals surface area contributed by atoms with Crippen molar-refractivity contribution < 1.29 is 14.3 Å². The number of aryl methyl sites for hydroxylation is 2. The molecule has 2 rings (SSSR count). The monoisotopic (exact) mass is 234 g/mol. The van der Waals surface area contributed by atoms with Crippen molar-refractivity contribution in [3.05, 3.63) is 29.6 Å². The van der Waals surface area contributed by atoms with Gasteiger partial charge in [-0.3, -0.25) is 4.79 Å². The van der Waals surface area contributed by atoms with Crippen molar-refractivity contribution in [3.63, 3.8) is 0 Å². The third-order valence-corrected chi connectivity index (χ3v) is 1.97. The van der Waals surface area contributed by atoms with Gasteiger partial charge >= 0.3 is 17.8 Å². The van der Waals surface area contributed by atoms with Crippen LogP contribution in [0.2, 0.25) is 0 Å². The minimum atomic E-state index is -1.03. The molecule has 0 bridgehead atoms. The summed E-state index contributed by atoms with van der Waals surface area (Å²) >= 11 is 0. The summed E-state index contributed by atoms with van der Waals surface area (Å²) in [6.45, 7) is 3.48. The number of carbonyl (C=O) groups is 2. The molecule has 7 nitrogen and oxygen atoms in total. The Hall–Kier alpha value is -2.44. The third kappa shape index (κ3) is 2.39. The molecule has 0 unspecified atom stereocenters. The summed E-state index contributed by atoms with van der Waals surface area (Å²) in [7, 11) is 0. The molecule has 0 saturated heterocycles. The van der Waals surface area contributed by atoms with Gasteiger partial charge < -0.3 is 14.7 Å². The quantitative estimate of drug-likeness (QED) is 0.458. The van der Waals surface area contributed by atoms with Gasteiger partial charge in [-0.1, -0.05) is 0 Å². The lowest BCUT2D eigenvalue weighted by molar-refractivity contribution is -0.129. The first kappa shape index (κ1) is 11.1. The highest BCUT2D eigenvalue weighted by Crippen LogP contribution is 2.05. The topological polar surface area (TPSA) is 101 Å². The largest absolute Gasteiger partial charge is 0.390 e. The molecule has 2 N–H and O–H groups in total. The lowest BCUT2D eigenvalue weighted by Crippen LogP contribution is -2.22. The van der Waals surface area contributed by atoms with E-state index in [0.717, 1.165) is 5.69 Å². The molecule has 0 atom stereocenters. The number of ketones is 1. The van der Waals surface area contributed by atoms with Crippen molar-refractivity contribution in [2.75, 3.05) is 0 Å². The van der Waals surface area contributed by atoms with Crippen LogP contribution in [0.4, 0.5) is 0 Å². The van der Waals surface area contributed by atoms with Crippen LogP contribution >= 0.6 is 0 Å². The number of aromatic amines is 2. The summed E-state index contributed by atoms with van der Waals surface area (Å²) in [6.07, 6.45) is 2.95. The van der Waals surface area contributed by atoms with Crippen LogP contribution in [-0.2, 0) is 4.79 Å². The van der Waals surface area contributed by atoms with Gasteiger partial charge in [-0.25, -0.2) is 14.8 Å². The predicted molar refractivity (Wildman–Crippen MR) is 56.6 cm³/mol. The molecular weight excluding hydrogens is 224 g/mol.